The molecule has 24 heavy (non-hydrogen) atoms. The van der Waals surface area contributed by atoms with E-state index in [2.05, 4.69) is 17.6 Å². The highest BCUT2D eigenvalue weighted by molar-refractivity contribution is 14.0. The molecule has 0 radical (unpaired) electrons. The van der Waals surface area contributed by atoms with E-state index >= 15 is 0 Å². The molecule has 0 aromatic carbocycles. The Morgan fingerprint density at radius 2 is 1.71 bits per heavy atom. The molecule has 2 N–H and O–H groups in total. The lowest BCUT2D eigenvalue weighted by Crippen LogP contribution is -2.40. The van der Waals surface area contributed by atoms with Crippen LogP contribution in [-0.4, -0.2) is 66.2 Å². The lowest BCUT2D eigenvalue weighted by atomic mass is 9.83. The Morgan fingerprint density at radius 3 is 2.33 bits per heavy atom. The second-order valence-corrected chi connectivity index (χ2v) is 6.18. The zero-order valence-corrected chi connectivity index (χ0v) is 17.9. The number of hydrogen-bond acceptors (Lipinski definition) is 4. The van der Waals surface area contributed by atoms with Gasteiger partial charge in [0.05, 0.1) is 19.8 Å². The summed E-state index contributed by atoms with van der Waals surface area (Å²) in [5.41, 5.74) is 0.327. The van der Waals surface area contributed by atoms with Crippen molar-refractivity contribution in [2.75, 3.05) is 60.3 Å². The minimum Gasteiger partial charge on any atom is -0.385 e. The highest BCUT2D eigenvalue weighted by Crippen LogP contribution is 2.41. The fraction of sp³-hybridized carbons (Fsp3) is 0.941. The van der Waals surface area contributed by atoms with Gasteiger partial charge >= 0.3 is 0 Å². The molecule has 7 heteroatoms. The first-order chi connectivity index (χ1) is 11.3. The third kappa shape index (κ3) is 10.0. The summed E-state index contributed by atoms with van der Waals surface area (Å²) in [5, 5.41) is 6.65. The lowest BCUT2D eigenvalue weighted by Gasteiger charge is -2.27. The van der Waals surface area contributed by atoms with Gasteiger partial charge in [0.1, 0.15) is 0 Å². The van der Waals surface area contributed by atoms with E-state index in [-0.39, 0.29) is 24.0 Å². The van der Waals surface area contributed by atoms with E-state index in [0.717, 1.165) is 38.6 Å². The van der Waals surface area contributed by atoms with Crippen molar-refractivity contribution in [1.29, 1.82) is 0 Å². The fourth-order valence-electron chi connectivity index (χ4n) is 3.01. The molecule has 1 rings (SSSR count). The standard InChI is InChI=1S/C17H35N3O3.HI/c1-4-18-16(19-10-12-23-14-13-22-3)20-15-17(9-11-21-2)7-5-6-8-17;/h4-15H2,1-3H3,(H2,18,19,20);1H. The minimum absolute atomic E-state index is 0. The molecule has 144 valence electrons. The van der Waals surface area contributed by atoms with E-state index in [4.69, 9.17) is 19.2 Å². The van der Waals surface area contributed by atoms with Crippen LogP contribution < -0.4 is 10.6 Å². The Kier molecular flexibility index (Phi) is 15.1. The van der Waals surface area contributed by atoms with E-state index in [9.17, 15) is 0 Å². The number of ether oxygens (including phenoxy) is 3. The lowest BCUT2D eigenvalue weighted by molar-refractivity contribution is 0.0733. The van der Waals surface area contributed by atoms with Crippen LogP contribution in [0.25, 0.3) is 0 Å². The number of guanidine groups is 1. The maximum Gasteiger partial charge on any atom is 0.191 e. The second-order valence-electron chi connectivity index (χ2n) is 6.18. The summed E-state index contributed by atoms with van der Waals surface area (Å²) in [5.74, 6) is 0.881. The van der Waals surface area contributed by atoms with Gasteiger partial charge in [-0.3, -0.25) is 4.99 Å². The molecule has 1 aliphatic carbocycles. The summed E-state index contributed by atoms with van der Waals surface area (Å²) in [4.78, 5) is 4.81. The molecule has 1 aliphatic rings. The van der Waals surface area contributed by atoms with Crippen molar-refractivity contribution >= 4 is 29.9 Å². The van der Waals surface area contributed by atoms with Crippen molar-refractivity contribution in [2.24, 2.45) is 10.4 Å². The van der Waals surface area contributed by atoms with Crippen LogP contribution in [0.1, 0.15) is 39.0 Å². The highest BCUT2D eigenvalue weighted by Gasteiger charge is 2.33. The summed E-state index contributed by atoms with van der Waals surface area (Å²) in [7, 11) is 3.46. The van der Waals surface area contributed by atoms with Crippen LogP contribution in [0.4, 0.5) is 0 Å². The third-order valence-corrected chi connectivity index (χ3v) is 4.39. The Hall–Kier alpha value is -0.120. The predicted molar refractivity (Wildman–Crippen MR) is 109 cm³/mol. The summed E-state index contributed by atoms with van der Waals surface area (Å²) in [6, 6.07) is 0. The van der Waals surface area contributed by atoms with Gasteiger partial charge in [0, 0.05) is 40.5 Å². The number of halogens is 1. The van der Waals surface area contributed by atoms with Crippen LogP contribution in [0.3, 0.4) is 0 Å². The number of nitrogens with zero attached hydrogens (tertiary/aromatic N) is 1. The maximum atomic E-state index is 5.47. The number of rotatable bonds is 12. The number of methoxy groups -OCH3 is 2. The third-order valence-electron chi connectivity index (χ3n) is 4.39. The average molecular weight is 457 g/mol. The molecule has 0 spiro atoms. The van der Waals surface area contributed by atoms with Gasteiger partial charge in [-0.1, -0.05) is 12.8 Å². The van der Waals surface area contributed by atoms with Gasteiger partial charge in [-0.2, -0.15) is 0 Å². The molecule has 0 aliphatic heterocycles. The summed E-state index contributed by atoms with van der Waals surface area (Å²) in [6.45, 7) is 7.32. The van der Waals surface area contributed by atoms with Crippen LogP contribution >= 0.6 is 24.0 Å². The van der Waals surface area contributed by atoms with Crippen LogP contribution in [-0.2, 0) is 14.2 Å². The molecule has 0 aromatic heterocycles. The molecule has 0 heterocycles. The smallest absolute Gasteiger partial charge is 0.191 e. The van der Waals surface area contributed by atoms with E-state index in [1.807, 2.05) is 0 Å². The molecule has 0 unspecified atom stereocenters. The van der Waals surface area contributed by atoms with Gasteiger partial charge < -0.3 is 24.8 Å². The Morgan fingerprint density at radius 1 is 1.00 bits per heavy atom. The molecule has 1 fully saturated rings. The molecule has 0 bridgehead atoms. The average Bonchev–Trinajstić information content (AvgIpc) is 3.03. The highest BCUT2D eigenvalue weighted by atomic mass is 127. The molecular weight excluding hydrogens is 421 g/mol. The van der Waals surface area contributed by atoms with Crippen LogP contribution in [0.15, 0.2) is 4.99 Å². The van der Waals surface area contributed by atoms with Crippen molar-refractivity contribution in [2.45, 2.75) is 39.0 Å². The van der Waals surface area contributed by atoms with Gasteiger partial charge in [0.15, 0.2) is 5.96 Å². The molecule has 0 atom stereocenters. The SMILES string of the molecule is CCNC(=NCC1(CCOC)CCCC1)NCCOCCOC.I. The largest absolute Gasteiger partial charge is 0.385 e. The van der Waals surface area contributed by atoms with Crippen molar-refractivity contribution < 1.29 is 14.2 Å². The molecule has 6 nitrogen and oxygen atoms in total. The normalized spacial score (nSPS) is 16.7. The van der Waals surface area contributed by atoms with Gasteiger partial charge in [-0.25, -0.2) is 0 Å². The van der Waals surface area contributed by atoms with Crippen LogP contribution in [0, 0.1) is 5.41 Å². The molecular formula is C17H36IN3O3. The van der Waals surface area contributed by atoms with Gasteiger partial charge in [-0.15, -0.1) is 24.0 Å². The Labute approximate surface area is 164 Å². The first kappa shape index (κ1) is 23.9. The maximum absolute atomic E-state index is 5.47. The molecule has 0 saturated heterocycles. The van der Waals surface area contributed by atoms with E-state index in [1.165, 1.54) is 25.7 Å². The van der Waals surface area contributed by atoms with Crippen molar-refractivity contribution in [3.63, 3.8) is 0 Å². The predicted octanol–water partition coefficient (Wildman–Crippen LogP) is 2.42. The van der Waals surface area contributed by atoms with Crippen LogP contribution in [0.5, 0.6) is 0 Å². The Bertz CT molecular complexity index is 324. The van der Waals surface area contributed by atoms with Gasteiger partial charge in [0.25, 0.3) is 0 Å². The summed E-state index contributed by atoms with van der Waals surface area (Å²) >= 11 is 0. The van der Waals surface area contributed by atoms with Crippen molar-refractivity contribution in [1.82, 2.24) is 10.6 Å². The van der Waals surface area contributed by atoms with Crippen molar-refractivity contribution in [3.8, 4) is 0 Å². The summed E-state index contributed by atoms with van der Waals surface area (Å²) in [6.07, 6.45) is 6.26. The second kappa shape index (κ2) is 15.2. The van der Waals surface area contributed by atoms with E-state index < -0.39 is 0 Å². The quantitative estimate of drug-likeness (QED) is 0.204. The minimum atomic E-state index is 0. The Balaban J connectivity index is 0.00000529. The molecule has 1 saturated carbocycles. The topological polar surface area (TPSA) is 64.1 Å². The van der Waals surface area contributed by atoms with Crippen molar-refractivity contribution in [3.05, 3.63) is 0 Å². The zero-order chi connectivity index (χ0) is 16.8. The number of aliphatic imine (C=N–C) groups is 1. The number of hydrogen-bond donors (Lipinski definition) is 2. The van der Waals surface area contributed by atoms with Gasteiger partial charge in [0.2, 0.25) is 0 Å². The summed E-state index contributed by atoms with van der Waals surface area (Å²) < 4.78 is 15.7. The number of nitrogens with one attached hydrogen (secondary N) is 2. The zero-order valence-electron chi connectivity index (χ0n) is 15.6. The van der Waals surface area contributed by atoms with E-state index in [1.54, 1.807) is 14.2 Å². The van der Waals surface area contributed by atoms with Gasteiger partial charge in [-0.05, 0) is 31.6 Å². The molecule has 0 aromatic rings. The molecule has 0 amide bonds. The first-order valence-electron chi connectivity index (χ1n) is 8.84. The van der Waals surface area contributed by atoms with E-state index in [0.29, 0.717) is 25.2 Å². The monoisotopic (exact) mass is 457 g/mol. The fourth-order valence-corrected chi connectivity index (χ4v) is 3.01. The first-order valence-corrected chi connectivity index (χ1v) is 8.84. The van der Waals surface area contributed by atoms with Crippen LogP contribution in [0.2, 0.25) is 0 Å².